The molecule has 0 aliphatic carbocycles. The van der Waals surface area contributed by atoms with Gasteiger partial charge in [0.15, 0.2) is 0 Å². The number of aryl methyl sites for hydroxylation is 2. The first-order valence-electron chi connectivity index (χ1n) is 8.46. The van der Waals surface area contributed by atoms with Gasteiger partial charge in [-0.25, -0.2) is 0 Å². The highest BCUT2D eigenvalue weighted by Gasteiger charge is 2.20. The van der Waals surface area contributed by atoms with E-state index in [9.17, 15) is 0 Å². The van der Waals surface area contributed by atoms with Crippen molar-refractivity contribution >= 4 is 0 Å². The van der Waals surface area contributed by atoms with Crippen molar-refractivity contribution in [3.05, 3.63) is 71.0 Å². The molecule has 3 heterocycles. The van der Waals surface area contributed by atoms with Gasteiger partial charge in [0.2, 0.25) is 0 Å². The molecule has 0 saturated carbocycles. The Hall–Kier alpha value is -2.46. The summed E-state index contributed by atoms with van der Waals surface area (Å²) < 4.78 is 2.14. The zero-order chi connectivity index (χ0) is 16.5. The molecule has 0 saturated heterocycles. The summed E-state index contributed by atoms with van der Waals surface area (Å²) in [6, 6.07) is 15.0. The van der Waals surface area contributed by atoms with Gasteiger partial charge in [-0.15, -0.1) is 0 Å². The fraction of sp³-hybridized carbons (Fsp3) is 0.300. The highest BCUT2D eigenvalue weighted by atomic mass is 15.3. The molecule has 0 atom stereocenters. The largest absolute Gasteiger partial charge is 0.291 e. The topological polar surface area (TPSA) is 34.0 Å². The van der Waals surface area contributed by atoms with Gasteiger partial charge in [0.1, 0.15) is 5.69 Å². The molecular formula is C20H22N4. The summed E-state index contributed by atoms with van der Waals surface area (Å²) in [6.07, 6.45) is 1.84. The standard InChI is InChI=1S/C20H22N4/c1-15-5-3-7-17(11-15)13-23-9-10-24-18(14-23)12-19(22-24)20-16(2)6-4-8-21-20/h3-8,11-12H,9-10,13-14H2,1-2H3. The molecule has 0 bridgehead atoms. The van der Waals surface area contributed by atoms with E-state index in [-0.39, 0.29) is 0 Å². The third-order valence-corrected chi connectivity index (χ3v) is 4.62. The maximum Gasteiger partial charge on any atom is 0.111 e. The molecule has 122 valence electrons. The highest BCUT2D eigenvalue weighted by Crippen LogP contribution is 2.23. The average Bonchev–Trinajstić information content (AvgIpc) is 2.98. The van der Waals surface area contributed by atoms with Gasteiger partial charge in [-0.3, -0.25) is 14.6 Å². The lowest BCUT2D eigenvalue weighted by atomic mass is 10.1. The summed E-state index contributed by atoms with van der Waals surface area (Å²) >= 11 is 0. The summed E-state index contributed by atoms with van der Waals surface area (Å²) in [4.78, 5) is 6.99. The van der Waals surface area contributed by atoms with Crippen molar-refractivity contribution in [3.63, 3.8) is 0 Å². The van der Waals surface area contributed by atoms with E-state index in [1.54, 1.807) is 0 Å². The van der Waals surface area contributed by atoms with E-state index >= 15 is 0 Å². The number of benzene rings is 1. The summed E-state index contributed by atoms with van der Waals surface area (Å²) in [7, 11) is 0. The van der Waals surface area contributed by atoms with Crippen molar-refractivity contribution < 1.29 is 0 Å². The zero-order valence-electron chi connectivity index (χ0n) is 14.2. The van der Waals surface area contributed by atoms with Crippen molar-refractivity contribution in [2.45, 2.75) is 33.5 Å². The van der Waals surface area contributed by atoms with Crippen LogP contribution in [0.1, 0.15) is 22.4 Å². The lowest BCUT2D eigenvalue weighted by Gasteiger charge is -2.27. The van der Waals surface area contributed by atoms with Gasteiger partial charge in [0.05, 0.1) is 17.9 Å². The normalized spacial score (nSPS) is 14.6. The van der Waals surface area contributed by atoms with Crippen LogP contribution in [0.25, 0.3) is 11.4 Å². The van der Waals surface area contributed by atoms with E-state index in [1.807, 2.05) is 12.3 Å². The van der Waals surface area contributed by atoms with Crippen molar-refractivity contribution in [2.24, 2.45) is 0 Å². The summed E-state index contributed by atoms with van der Waals surface area (Å²) in [6.45, 7) is 8.13. The van der Waals surface area contributed by atoms with Crippen molar-refractivity contribution in [1.82, 2.24) is 19.7 Å². The van der Waals surface area contributed by atoms with Crippen LogP contribution in [0.4, 0.5) is 0 Å². The smallest absolute Gasteiger partial charge is 0.111 e. The van der Waals surface area contributed by atoms with Gasteiger partial charge in [0, 0.05) is 25.8 Å². The van der Waals surface area contributed by atoms with Gasteiger partial charge >= 0.3 is 0 Å². The summed E-state index contributed by atoms with van der Waals surface area (Å²) in [5.74, 6) is 0. The molecule has 4 rings (SSSR count). The van der Waals surface area contributed by atoms with Crippen molar-refractivity contribution in [1.29, 1.82) is 0 Å². The van der Waals surface area contributed by atoms with E-state index in [0.29, 0.717) is 0 Å². The molecule has 0 radical (unpaired) electrons. The molecule has 1 aromatic carbocycles. The Morgan fingerprint density at radius 2 is 1.96 bits per heavy atom. The fourth-order valence-corrected chi connectivity index (χ4v) is 3.39. The maximum absolute atomic E-state index is 4.76. The quantitative estimate of drug-likeness (QED) is 0.740. The molecule has 0 fully saturated rings. The molecular weight excluding hydrogens is 296 g/mol. The molecule has 0 unspecified atom stereocenters. The second-order valence-electron chi connectivity index (χ2n) is 6.61. The first-order valence-corrected chi connectivity index (χ1v) is 8.46. The Morgan fingerprint density at radius 1 is 1.04 bits per heavy atom. The molecule has 1 aliphatic heterocycles. The molecule has 2 aromatic heterocycles. The van der Waals surface area contributed by atoms with Gasteiger partial charge in [-0.05, 0) is 37.1 Å². The first kappa shape index (κ1) is 15.1. The SMILES string of the molecule is Cc1cccc(CN2CCn3nc(-c4ncccc4C)cc3C2)c1. The van der Waals surface area contributed by atoms with Crippen LogP contribution >= 0.6 is 0 Å². The van der Waals surface area contributed by atoms with Crippen LogP contribution < -0.4 is 0 Å². The first-order chi connectivity index (χ1) is 11.7. The molecule has 4 nitrogen and oxygen atoms in total. The molecule has 0 N–H and O–H groups in total. The monoisotopic (exact) mass is 318 g/mol. The van der Waals surface area contributed by atoms with Crippen molar-refractivity contribution in [2.75, 3.05) is 6.54 Å². The summed E-state index contributed by atoms with van der Waals surface area (Å²) in [5, 5.41) is 4.76. The van der Waals surface area contributed by atoms with Gasteiger partial charge < -0.3 is 0 Å². The lowest BCUT2D eigenvalue weighted by molar-refractivity contribution is 0.205. The molecule has 24 heavy (non-hydrogen) atoms. The van der Waals surface area contributed by atoms with E-state index in [0.717, 1.165) is 37.6 Å². The van der Waals surface area contributed by atoms with Gasteiger partial charge in [-0.1, -0.05) is 35.9 Å². The second-order valence-corrected chi connectivity index (χ2v) is 6.61. The minimum absolute atomic E-state index is 0.937. The van der Waals surface area contributed by atoms with E-state index in [1.165, 1.54) is 22.4 Å². The average molecular weight is 318 g/mol. The highest BCUT2D eigenvalue weighted by molar-refractivity contribution is 5.58. The molecule has 4 heteroatoms. The predicted octanol–water partition coefficient (Wildman–Crippen LogP) is 3.58. The Kier molecular flexibility index (Phi) is 3.90. The maximum atomic E-state index is 4.76. The third-order valence-electron chi connectivity index (χ3n) is 4.62. The van der Waals surface area contributed by atoms with Crippen LogP contribution in [0.5, 0.6) is 0 Å². The third kappa shape index (κ3) is 2.97. The Balaban J connectivity index is 1.54. The number of nitrogens with zero attached hydrogens (tertiary/aromatic N) is 4. The number of hydrogen-bond acceptors (Lipinski definition) is 3. The molecule has 0 spiro atoms. The zero-order valence-corrected chi connectivity index (χ0v) is 14.2. The van der Waals surface area contributed by atoms with Crippen LogP contribution in [0.3, 0.4) is 0 Å². The second kappa shape index (κ2) is 6.21. The molecule has 1 aliphatic rings. The van der Waals surface area contributed by atoms with Gasteiger partial charge in [0.25, 0.3) is 0 Å². The number of pyridine rings is 1. The number of rotatable bonds is 3. The van der Waals surface area contributed by atoms with Crippen molar-refractivity contribution in [3.8, 4) is 11.4 Å². The summed E-state index contributed by atoms with van der Waals surface area (Å²) in [5.41, 5.74) is 7.12. The van der Waals surface area contributed by atoms with Crippen LogP contribution in [0, 0.1) is 13.8 Å². The predicted molar refractivity (Wildman–Crippen MR) is 95.5 cm³/mol. The van der Waals surface area contributed by atoms with E-state index in [4.69, 9.17) is 5.10 Å². The van der Waals surface area contributed by atoms with Crippen LogP contribution in [0.15, 0.2) is 48.7 Å². The van der Waals surface area contributed by atoms with E-state index in [2.05, 4.69) is 64.8 Å². The van der Waals surface area contributed by atoms with Crippen LogP contribution in [0.2, 0.25) is 0 Å². The Bertz CT molecular complexity index is 866. The lowest BCUT2D eigenvalue weighted by Crippen LogP contribution is -2.33. The number of aromatic nitrogens is 3. The van der Waals surface area contributed by atoms with Crippen LogP contribution in [-0.2, 0) is 19.6 Å². The van der Waals surface area contributed by atoms with Gasteiger partial charge in [-0.2, -0.15) is 5.10 Å². The fourth-order valence-electron chi connectivity index (χ4n) is 3.39. The Labute approximate surface area is 142 Å². The number of hydrogen-bond donors (Lipinski definition) is 0. The molecule has 3 aromatic rings. The minimum atomic E-state index is 0.937. The number of fused-ring (bicyclic) bond motifs is 1. The molecule has 0 amide bonds. The Morgan fingerprint density at radius 3 is 2.79 bits per heavy atom. The van der Waals surface area contributed by atoms with E-state index < -0.39 is 0 Å². The minimum Gasteiger partial charge on any atom is -0.291 e. The van der Waals surface area contributed by atoms with Crippen LogP contribution in [-0.4, -0.2) is 26.2 Å².